The molecule has 0 atom stereocenters. The highest BCUT2D eigenvalue weighted by atomic mass is 32.1. The second-order valence-corrected chi connectivity index (χ2v) is 8.12. The number of rotatable bonds is 8. The van der Waals surface area contributed by atoms with Crippen molar-refractivity contribution in [2.24, 2.45) is 0 Å². The molecule has 0 fully saturated rings. The van der Waals surface area contributed by atoms with Gasteiger partial charge in [-0.1, -0.05) is 12.1 Å². The Hall–Kier alpha value is -3.65. The zero-order valence-corrected chi connectivity index (χ0v) is 18.8. The molecule has 0 unspecified atom stereocenters. The van der Waals surface area contributed by atoms with Crippen molar-refractivity contribution in [2.45, 2.75) is 19.3 Å². The van der Waals surface area contributed by atoms with E-state index < -0.39 is 6.09 Å². The molecule has 7 nitrogen and oxygen atoms in total. The van der Waals surface area contributed by atoms with Crippen LogP contribution < -0.4 is 15.5 Å². The third kappa shape index (κ3) is 6.42. The van der Waals surface area contributed by atoms with Crippen molar-refractivity contribution < 1.29 is 19.1 Å². The summed E-state index contributed by atoms with van der Waals surface area (Å²) in [4.78, 5) is 39.1. The molecule has 0 saturated heterocycles. The summed E-state index contributed by atoms with van der Waals surface area (Å²) >= 11 is 1.69. The molecule has 32 heavy (non-hydrogen) atoms. The van der Waals surface area contributed by atoms with Crippen LogP contribution in [0.3, 0.4) is 0 Å². The third-order valence-electron chi connectivity index (χ3n) is 4.78. The predicted molar refractivity (Wildman–Crippen MR) is 128 cm³/mol. The van der Waals surface area contributed by atoms with Crippen LogP contribution in [-0.2, 0) is 16.0 Å². The van der Waals surface area contributed by atoms with Crippen molar-refractivity contribution in [3.05, 3.63) is 76.5 Å². The number of amides is 3. The average molecular weight is 452 g/mol. The summed E-state index contributed by atoms with van der Waals surface area (Å²) in [6, 6.07) is 17.7. The average Bonchev–Trinajstić information content (AvgIpc) is 3.32. The zero-order valence-electron chi connectivity index (χ0n) is 18.0. The smallest absolute Gasteiger partial charge is 0.413 e. The molecule has 2 N–H and O–H groups in total. The number of methoxy groups -OCH3 is 1. The quantitative estimate of drug-likeness (QED) is 0.495. The van der Waals surface area contributed by atoms with Gasteiger partial charge in [0, 0.05) is 41.0 Å². The van der Waals surface area contributed by atoms with Crippen LogP contribution in [0, 0.1) is 0 Å². The fourth-order valence-electron chi connectivity index (χ4n) is 3.05. The molecule has 0 aliphatic heterocycles. The fraction of sp³-hybridized carbons (Fsp3) is 0.208. The van der Waals surface area contributed by atoms with Crippen LogP contribution in [-0.4, -0.2) is 32.1 Å². The van der Waals surface area contributed by atoms with Crippen molar-refractivity contribution in [1.82, 2.24) is 0 Å². The maximum absolute atomic E-state index is 12.6. The van der Waals surface area contributed by atoms with Gasteiger partial charge < -0.3 is 15.4 Å². The number of aryl methyl sites for hydroxylation is 1. The Kier molecular flexibility index (Phi) is 7.99. The SMILES string of the molecule is COC(=O)N(C)c1ccc(NC(=O)c2cccc(NC(=O)CCCc3cccs3)c2)cc1. The molecular weight excluding hydrogens is 426 g/mol. The fourth-order valence-corrected chi connectivity index (χ4v) is 3.80. The van der Waals surface area contributed by atoms with Gasteiger partial charge >= 0.3 is 6.09 Å². The van der Waals surface area contributed by atoms with Gasteiger partial charge in [-0.05, 0) is 66.8 Å². The first-order valence-electron chi connectivity index (χ1n) is 10.1. The van der Waals surface area contributed by atoms with Gasteiger partial charge in [-0.3, -0.25) is 14.5 Å². The number of benzene rings is 2. The normalized spacial score (nSPS) is 10.3. The topological polar surface area (TPSA) is 87.7 Å². The Balaban J connectivity index is 1.54. The summed E-state index contributed by atoms with van der Waals surface area (Å²) in [5, 5.41) is 7.69. The van der Waals surface area contributed by atoms with E-state index in [9.17, 15) is 14.4 Å². The molecule has 2 aromatic carbocycles. The van der Waals surface area contributed by atoms with Crippen LogP contribution in [0.1, 0.15) is 28.1 Å². The summed E-state index contributed by atoms with van der Waals surface area (Å²) in [5.41, 5.74) is 2.23. The number of ether oxygens (including phenoxy) is 1. The Morgan fingerprint density at radius 3 is 2.44 bits per heavy atom. The molecule has 0 aliphatic rings. The Morgan fingerprint density at radius 2 is 1.75 bits per heavy atom. The summed E-state index contributed by atoms with van der Waals surface area (Å²) in [6.07, 6.45) is 1.59. The van der Waals surface area contributed by atoms with E-state index >= 15 is 0 Å². The maximum Gasteiger partial charge on any atom is 0.413 e. The van der Waals surface area contributed by atoms with Crippen LogP contribution in [0.5, 0.6) is 0 Å². The number of thiophene rings is 1. The number of hydrogen-bond donors (Lipinski definition) is 2. The first kappa shape index (κ1) is 23.0. The molecule has 8 heteroatoms. The molecule has 0 aliphatic carbocycles. The van der Waals surface area contributed by atoms with Gasteiger partial charge in [0.05, 0.1) is 7.11 Å². The van der Waals surface area contributed by atoms with E-state index in [0.717, 1.165) is 12.8 Å². The van der Waals surface area contributed by atoms with E-state index in [1.807, 2.05) is 11.4 Å². The number of hydrogen-bond acceptors (Lipinski definition) is 5. The predicted octanol–water partition coefficient (Wildman–Crippen LogP) is 5.16. The molecule has 0 saturated carbocycles. The van der Waals surface area contributed by atoms with Gasteiger partial charge in [-0.15, -0.1) is 11.3 Å². The monoisotopic (exact) mass is 451 g/mol. The van der Waals surface area contributed by atoms with Gasteiger partial charge in [0.2, 0.25) is 5.91 Å². The number of nitrogens with one attached hydrogen (secondary N) is 2. The van der Waals surface area contributed by atoms with Gasteiger partial charge in [0.1, 0.15) is 0 Å². The number of nitrogens with zero attached hydrogens (tertiary/aromatic N) is 1. The van der Waals surface area contributed by atoms with Crippen molar-refractivity contribution >= 4 is 46.3 Å². The van der Waals surface area contributed by atoms with Crippen molar-refractivity contribution in [1.29, 1.82) is 0 Å². The van der Waals surface area contributed by atoms with Crippen LogP contribution >= 0.6 is 11.3 Å². The van der Waals surface area contributed by atoms with E-state index in [1.54, 1.807) is 66.9 Å². The summed E-state index contributed by atoms with van der Waals surface area (Å²) in [6.45, 7) is 0. The Morgan fingerprint density at radius 1 is 0.969 bits per heavy atom. The van der Waals surface area contributed by atoms with Crippen LogP contribution in [0.2, 0.25) is 0 Å². The van der Waals surface area contributed by atoms with Gasteiger partial charge in [0.25, 0.3) is 5.91 Å². The molecule has 0 radical (unpaired) electrons. The zero-order chi connectivity index (χ0) is 22.9. The van der Waals surface area contributed by atoms with E-state index in [-0.39, 0.29) is 11.8 Å². The minimum absolute atomic E-state index is 0.0792. The van der Waals surface area contributed by atoms with E-state index in [1.165, 1.54) is 16.9 Å². The molecule has 3 amide bonds. The summed E-state index contributed by atoms with van der Waals surface area (Å²) in [5.74, 6) is -0.378. The van der Waals surface area contributed by atoms with Gasteiger partial charge in [-0.25, -0.2) is 4.79 Å². The van der Waals surface area contributed by atoms with Crippen molar-refractivity contribution in [2.75, 3.05) is 29.7 Å². The third-order valence-corrected chi connectivity index (χ3v) is 5.71. The minimum Gasteiger partial charge on any atom is -0.452 e. The Bertz CT molecular complexity index is 1070. The van der Waals surface area contributed by atoms with Crippen molar-refractivity contribution in [3.63, 3.8) is 0 Å². The van der Waals surface area contributed by atoms with Gasteiger partial charge in [0.15, 0.2) is 0 Å². The number of anilines is 3. The minimum atomic E-state index is -0.479. The van der Waals surface area contributed by atoms with Gasteiger partial charge in [-0.2, -0.15) is 0 Å². The van der Waals surface area contributed by atoms with E-state index in [2.05, 4.69) is 21.4 Å². The Labute approximate surface area is 191 Å². The number of carbonyl (C=O) groups excluding carboxylic acids is 3. The highest BCUT2D eigenvalue weighted by Gasteiger charge is 2.12. The second kappa shape index (κ2) is 11.1. The van der Waals surface area contributed by atoms with Crippen LogP contribution in [0.25, 0.3) is 0 Å². The van der Waals surface area contributed by atoms with Crippen LogP contribution in [0.4, 0.5) is 21.9 Å². The largest absolute Gasteiger partial charge is 0.452 e. The first-order chi connectivity index (χ1) is 15.5. The standard InChI is InChI=1S/C24H25N3O4S/c1-27(24(30)31-2)20-13-11-18(12-14-20)26-23(29)17-6-3-7-19(16-17)25-22(28)10-4-8-21-9-5-15-32-21/h3,5-7,9,11-16H,4,8,10H2,1-2H3,(H,25,28)(H,26,29). The lowest BCUT2D eigenvalue weighted by atomic mass is 10.1. The lowest BCUT2D eigenvalue weighted by molar-refractivity contribution is -0.116. The van der Waals surface area contributed by atoms with E-state index in [4.69, 9.17) is 0 Å². The highest BCUT2D eigenvalue weighted by molar-refractivity contribution is 7.09. The lowest BCUT2D eigenvalue weighted by Gasteiger charge is -2.16. The summed E-state index contributed by atoms with van der Waals surface area (Å²) < 4.78 is 4.68. The molecular formula is C24H25N3O4S. The molecule has 1 aromatic heterocycles. The second-order valence-electron chi connectivity index (χ2n) is 7.09. The highest BCUT2D eigenvalue weighted by Crippen LogP contribution is 2.19. The summed E-state index contributed by atoms with van der Waals surface area (Å²) in [7, 11) is 2.91. The molecule has 1 heterocycles. The lowest BCUT2D eigenvalue weighted by Crippen LogP contribution is -2.25. The molecule has 3 rings (SSSR count). The van der Waals surface area contributed by atoms with E-state index in [0.29, 0.717) is 29.0 Å². The van der Waals surface area contributed by atoms with Crippen molar-refractivity contribution in [3.8, 4) is 0 Å². The molecule has 3 aromatic rings. The number of carbonyl (C=O) groups is 3. The first-order valence-corrected chi connectivity index (χ1v) is 11.0. The van der Waals surface area contributed by atoms with Crippen LogP contribution in [0.15, 0.2) is 66.0 Å². The maximum atomic E-state index is 12.6. The molecule has 0 spiro atoms. The molecule has 0 bridgehead atoms. The molecule has 166 valence electrons.